The zero-order valence-corrected chi connectivity index (χ0v) is 48.3. The van der Waals surface area contributed by atoms with E-state index < -0.39 is 0 Å². The number of aliphatic hydroxyl groups is 8. The molecule has 0 spiro atoms. The van der Waals surface area contributed by atoms with Gasteiger partial charge in [-0.25, -0.2) is 0 Å². The number of nitrogens with zero attached hydrogens (tertiary/aromatic N) is 5. The van der Waals surface area contributed by atoms with Crippen LogP contribution < -0.4 is 0 Å². The number of quaternary nitrogens is 1. The SMILES string of the molecule is C=CC[N+](C)(C)CC=C.C=Cc1ccc(CN(CCO)CCO)cc1.C=Cc1ccc(CN(CCO)CCO)cc1.CCC(C)c1ccc(CN(CCO)CCO)cc1.CCC(C)c1ccc(CN(CCO)CCO)cc1. The Bertz CT molecular complexity index is 1870. The van der Waals surface area contributed by atoms with Crippen molar-refractivity contribution in [3.63, 3.8) is 0 Å². The Morgan fingerprint density at radius 2 is 0.584 bits per heavy atom. The lowest BCUT2D eigenvalue weighted by molar-refractivity contribution is -0.878. The van der Waals surface area contributed by atoms with Crippen LogP contribution in [0, 0.1) is 0 Å². The molecule has 0 saturated carbocycles. The van der Waals surface area contributed by atoms with Crippen molar-refractivity contribution in [2.75, 3.05) is 132 Å². The van der Waals surface area contributed by atoms with E-state index in [0.29, 0.717) is 64.2 Å². The Hall–Kier alpha value is -4.68. The Balaban J connectivity index is 0.000000952. The van der Waals surface area contributed by atoms with Crippen LogP contribution in [-0.2, 0) is 26.2 Å². The van der Waals surface area contributed by atoms with Crippen LogP contribution in [-0.4, -0.2) is 197 Å². The van der Waals surface area contributed by atoms with Gasteiger partial charge in [0.2, 0.25) is 0 Å². The lowest BCUT2D eigenvalue weighted by Crippen LogP contribution is -2.39. The minimum atomic E-state index is 0.116. The van der Waals surface area contributed by atoms with Gasteiger partial charge >= 0.3 is 0 Å². The predicted molar refractivity (Wildman–Crippen MR) is 323 cm³/mol. The van der Waals surface area contributed by atoms with Crippen molar-refractivity contribution in [3.8, 4) is 0 Å². The summed E-state index contributed by atoms with van der Waals surface area (Å²) in [5, 5.41) is 71.4. The van der Waals surface area contributed by atoms with Crippen LogP contribution in [0.1, 0.15) is 96.9 Å². The van der Waals surface area contributed by atoms with E-state index in [2.05, 4.69) is 126 Å². The van der Waals surface area contributed by atoms with Crippen LogP contribution in [0.2, 0.25) is 0 Å². The topological polar surface area (TPSA) is 175 Å². The second kappa shape index (κ2) is 46.3. The normalized spacial score (nSPS) is 11.8. The fraction of sp³-hybridized carbons (Fsp3) is 0.500. The predicted octanol–water partition coefficient (Wildman–Crippen LogP) is 7.64. The Morgan fingerprint density at radius 3 is 0.753 bits per heavy atom. The molecule has 0 aliphatic rings. The first kappa shape index (κ1) is 72.3. The molecule has 432 valence electrons. The zero-order chi connectivity index (χ0) is 57.7. The van der Waals surface area contributed by atoms with Crippen LogP contribution in [0.5, 0.6) is 0 Å². The summed E-state index contributed by atoms with van der Waals surface area (Å²) in [7, 11) is 4.31. The van der Waals surface area contributed by atoms with Gasteiger partial charge in [-0.2, -0.15) is 0 Å². The largest absolute Gasteiger partial charge is 0.395 e. The highest BCUT2D eigenvalue weighted by Gasteiger charge is 2.10. The summed E-state index contributed by atoms with van der Waals surface area (Å²) >= 11 is 0. The van der Waals surface area contributed by atoms with E-state index in [1.807, 2.05) is 82.6 Å². The molecule has 2 unspecified atom stereocenters. The van der Waals surface area contributed by atoms with Crippen LogP contribution in [0.25, 0.3) is 12.2 Å². The molecule has 0 aliphatic heterocycles. The molecule has 0 aliphatic carbocycles. The quantitative estimate of drug-likeness (QED) is 0.0170. The van der Waals surface area contributed by atoms with Gasteiger partial charge in [0.15, 0.2) is 0 Å². The highest BCUT2D eigenvalue weighted by molar-refractivity contribution is 5.47. The monoisotopic (exact) mass is 1070 g/mol. The average molecular weight is 1070 g/mol. The molecule has 13 nitrogen and oxygen atoms in total. The zero-order valence-electron chi connectivity index (χ0n) is 48.3. The number of likely N-dealkylation sites (N-methyl/N-ethyl adjacent to an activating group) is 1. The molecule has 0 bridgehead atoms. The fourth-order valence-electron chi connectivity index (χ4n) is 7.91. The molecule has 0 saturated heterocycles. The van der Waals surface area contributed by atoms with Crippen molar-refractivity contribution in [3.05, 3.63) is 180 Å². The first-order valence-electron chi connectivity index (χ1n) is 27.5. The van der Waals surface area contributed by atoms with Crippen molar-refractivity contribution in [2.45, 2.75) is 78.6 Å². The number of rotatable bonds is 34. The molecule has 0 amide bonds. The summed E-state index contributed by atoms with van der Waals surface area (Å²) < 4.78 is 0.951. The molecule has 2 atom stereocenters. The Kier molecular flexibility index (Phi) is 43.4. The smallest absolute Gasteiger partial charge is 0.0969 e. The van der Waals surface area contributed by atoms with Gasteiger partial charge in [0.25, 0.3) is 0 Å². The molecule has 4 aromatic rings. The first-order chi connectivity index (χ1) is 37.1. The third kappa shape index (κ3) is 34.7. The molecule has 0 fully saturated rings. The maximum Gasteiger partial charge on any atom is 0.0969 e. The average Bonchev–Trinajstić information content (AvgIpc) is 3.42. The maximum atomic E-state index is 8.97. The second-order valence-electron chi connectivity index (χ2n) is 19.8. The van der Waals surface area contributed by atoms with Gasteiger partial charge in [-0.3, -0.25) is 19.6 Å². The number of benzene rings is 4. The minimum absolute atomic E-state index is 0.116. The molecule has 4 rings (SSSR count). The van der Waals surface area contributed by atoms with Crippen molar-refractivity contribution in [1.82, 2.24) is 19.6 Å². The molecule has 8 N–H and O–H groups in total. The van der Waals surface area contributed by atoms with Gasteiger partial charge in [-0.05, 0) is 81.3 Å². The molecule has 0 aromatic heterocycles. The van der Waals surface area contributed by atoms with Crippen LogP contribution >= 0.6 is 0 Å². The van der Waals surface area contributed by atoms with E-state index >= 15 is 0 Å². The fourth-order valence-corrected chi connectivity index (χ4v) is 7.91. The second-order valence-corrected chi connectivity index (χ2v) is 19.8. The molecular weight excluding hydrogens is 967 g/mol. The van der Waals surface area contributed by atoms with E-state index in [-0.39, 0.29) is 52.9 Å². The molecular formula is C64H104N5O8+. The highest BCUT2D eigenvalue weighted by atomic mass is 16.3. The minimum Gasteiger partial charge on any atom is -0.395 e. The summed E-state index contributed by atoms with van der Waals surface area (Å²) in [6, 6.07) is 33.5. The number of hydrogen-bond donors (Lipinski definition) is 8. The first-order valence-corrected chi connectivity index (χ1v) is 27.5. The van der Waals surface area contributed by atoms with Crippen LogP contribution in [0.3, 0.4) is 0 Å². The van der Waals surface area contributed by atoms with E-state index in [0.717, 1.165) is 67.7 Å². The van der Waals surface area contributed by atoms with Gasteiger partial charge in [-0.1, -0.05) is 163 Å². The van der Waals surface area contributed by atoms with Gasteiger partial charge in [0, 0.05) is 78.5 Å². The van der Waals surface area contributed by atoms with E-state index in [4.69, 9.17) is 40.9 Å². The summed E-state index contributed by atoms with van der Waals surface area (Å²) in [4.78, 5) is 8.14. The van der Waals surface area contributed by atoms with Gasteiger partial charge in [0.1, 0.15) is 0 Å². The highest BCUT2D eigenvalue weighted by Crippen LogP contribution is 2.21. The van der Waals surface area contributed by atoms with E-state index in [1.54, 1.807) is 0 Å². The number of aliphatic hydroxyl groups excluding tert-OH is 8. The molecule has 77 heavy (non-hydrogen) atoms. The standard InChI is InChI=1S/2C15H25NO2.2C13H19NO2.C8H16N/c2*1-3-13(2)15-6-4-14(5-7-15)12-16(8-10-17)9-11-18;2*1-2-12-3-5-13(6-4-12)11-14(7-9-15)8-10-16;1-5-7-9(3,4)8-6-2/h2*4-7,13,17-18H,3,8-12H2,1-2H3;2*2-6,15-16H,1,7-11H2;5-6H,1-2,7-8H2,3-4H3/q;;;;+1. The van der Waals surface area contributed by atoms with Gasteiger partial charge < -0.3 is 45.3 Å². The molecule has 0 radical (unpaired) electrons. The van der Waals surface area contributed by atoms with E-state index in [9.17, 15) is 0 Å². The summed E-state index contributed by atoms with van der Waals surface area (Å²) in [6.07, 6.45) is 9.79. The Morgan fingerprint density at radius 1 is 0.377 bits per heavy atom. The van der Waals surface area contributed by atoms with Crippen molar-refractivity contribution in [2.24, 2.45) is 0 Å². The Labute approximate surface area is 466 Å². The number of hydrogen-bond acceptors (Lipinski definition) is 12. The summed E-state index contributed by atoms with van der Waals surface area (Å²) in [5.74, 6) is 1.20. The summed E-state index contributed by atoms with van der Waals surface area (Å²) in [6.45, 7) is 34.4. The maximum absolute atomic E-state index is 8.97. The van der Waals surface area contributed by atoms with Gasteiger partial charge in [-0.15, -0.1) is 0 Å². The molecule has 0 heterocycles. The molecule has 13 heteroatoms. The lowest BCUT2D eigenvalue weighted by atomic mass is 9.97. The van der Waals surface area contributed by atoms with Crippen molar-refractivity contribution >= 4 is 12.2 Å². The summed E-state index contributed by atoms with van der Waals surface area (Å²) in [5.41, 5.74) is 9.74. The lowest BCUT2D eigenvalue weighted by Gasteiger charge is -2.26. The third-order valence-corrected chi connectivity index (χ3v) is 13.0. The van der Waals surface area contributed by atoms with E-state index in [1.165, 1.54) is 33.4 Å². The third-order valence-electron chi connectivity index (χ3n) is 13.0. The molecule has 4 aromatic carbocycles. The van der Waals surface area contributed by atoms with Crippen LogP contribution in [0.15, 0.2) is 136 Å². The van der Waals surface area contributed by atoms with Crippen molar-refractivity contribution in [1.29, 1.82) is 0 Å². The van der Waals surface area contributed by atoms with Crippen molar-refractivity contribution < 1.29 is 45.3 Å². The van der Waals surface area contributed by atoms with Gasteiger partial charge in [0.05, 0.1) is 80.0 Å². The van der Waals surface area contributed by atoms with Crippen LogP contribution in [0.4, 0.5) is 0 Å².